The smallest absolute Gasteiger partial charge is 0.256 e. The molecule has 2 aromatic carbocycles. The monoisotopic (exact) mass is 517 g/mol. The SMILES string of the molecule is CC.CC(C)O.CCO.Cc1ccc(Nc2c(C(=O)N3CC(O)(CNO)C3)ccc(F)c2F)c(F)c1. The van der Waals surface area contributed by atoms with E-state index in [0.717, 1.165) is 12.1 Å². The molecule has 1 fully saturated rings. The fourth-order valence-corrected chi connectivity index (χ4v) is 2.94. The maximum absolute atomic E-state index is 14.4. The highest BCUT2D eigenvalue weighted by Crippen LogP contribution is 2.31. The van der Waals surface area contributed by atoms with Crippen LogP contribution in [0.2, 0.25) is 0 Å². The number of anilines is 2. The van der Waals surface area contributed by atoms with Crippen molar-refractivity contribution in [2.45, 2.75) is 53.2 Å². The van der Waals surface area contributed by atoms with E-state index in [-0.39, 0.29) is 43.6 Å². The van der Waals surface area contributed by atoms with Gasteiger partial charge >= 0.3 is 0 Å². The van der Waals surface area contributed by atoms with Crippen molar-refractivity contribution in [3.8, 4) is 0 Å². The number of carbonyl (C=O) groups is 1. The van der Waals surface area contributed by atoms with E-state index in [2.05, 4.69) is 5.32 Å². The van der Waals surface area contributed by atoms with E-state index in [4.69, 9.17) is 15.4 Å². The van der Waals surface area contributed by atoms with Crippen molar-refractivity contribution >= 4 is 17.3 Å². The van der Waals surface area contributed by atoms with Crippen molar-refractivity contribution in [1.29, 1.82) is 0 Å². The van der Waals surface area contributed by atoms with Crippen LogP contribution in [0, 0.1) is 24.4 Å². The summed E-state index contributed by atoms with van der Waals surface area (Å²) in [4.78, 5) is 13.9. The van der Waals surface area contributed by atoms with Gasteiger partial charge in [-0.1, -0.05) is 19.9 Å². The van der Waals surface area contributed by atoms with Gasteiger partial charge in [0.05, 0.1) is 36.6 Å². The zero-order valence-corrected chi connectivity index (χ0v) is 21.6. The molecule has 0 aromatic heterocycles. The van der Waals surface area contributed by atoms with Gasteiger partial charge in [0.25, 0.3) is 5.91 Å². The lowest BCUT2D eigenvalue weighted by Gasteiger charge is -2.46. The summed E-state index contributed by atoms with van der Waals surface area (Å²) in [6.45, 7) is 10.7. The molecule has 0 unspecified atom stereocenters. The number of benzene rings is 2. The van der Waals surface area contributed by atoms with E-state index in [0.29, 0.717) is 5.56 Å². The highest BCUT2D eigenvalue weighted by molar-refractivity contribution is 6.01. The lowest BCUT2D eigenvalue weighted by Crippen LogP contribution is -2.67. The zero-order valence-electron chi connectivity index (χ0n) is 21.6. The number of hydrogen-bond acceptors (Lipinski definition) is 7. The molecule has 0 radical (unpaired) electrons. The minimum Gasteiger partial charge on any atom is -0.397 e. The highest BCUT2D eigenvalue weighted by atomic mass is 19.2. The van der Waals surface area contributed by atoms with Crippen LogP contribution in [0.4, 0.5) is 24.5 Å². The summed E-state index contributed by atoms with van der Waals surface area (Å²) < 4.78 is 42.1. The molecule has 0 saturated carbocycles. The standard InChI is InChI=1S/C18H18F3N3O3.C3H8O.C2H6O.C2H6/c1-10-2-5-14(13(20)6-10)23-16-11(3-4-12(19)15(16)21)17(25)24-8-18(26,9-24)7-22-27;1-3(2)4;1-2-3;1-2/h2-6,22-23,26-27H,7-9H2,1H3;3-4H,1-2H3;3H,2H2,1H3;1-2H3. The summed E-state index contributed by atoms with van der Waals surface area (Å²) >= 11 is 0. The average molecular weight is 518 g/mol. The first-order valence-electron chi connectivity index (χ1n) is 11.6. The summed E-state index contributed by atoms with van der Waals surface area (Å²) in [5, 5.41) is 36.8. The number of nitrogens with one attached hydrogen (secondary N) is 2. The number of hydrogen-bond donors (Lipinski definition) is 6. The first-order valence-corrected chi connectivity index (χ1v) is 11.6. The van der Waals surface area contributed by atoms with Gasteiger partial charge in [-0.05, 0) is 57.5 Å². The fraction of sp³-hybridized carbons (Fsp3) is 0.480. The van der Waals surface area contributed by atoms with Crippen molar-refractivity contribution in [2.24, 2.45) is 0 Å². The average Bonchev–Trinajstić information content (AvgIpc) is 2.78. The number of aliphatic hydroxyl groups excluding tert-OH is 2. The summed E-state index contributed by atoms with van der Waals surface area (Å²) in [5.41, 5.74) is 0.372. The Labute approximate surface area is 210 Å². The Morgan fingerprint density at radius 2 is 1.64 bits per heavy atom. The van der Waals surface area contributed by atoms with Gasteiger partial charge in [0.15, 0.2) is 11.6 Å². The highest BCUT2D eigenvalue weighted by Gasteiger charge is 2.44. The largest absolute Gasteiger partial charge is 0.397 e. The Bertz CT molecular complexity index is 952. The Morgan fingerprint density at radius 3 is 2.11 bits per heavy atom. The first-order chi connectivity index (χ1) is 16.9. The number of amides is 1. The Hall–Kier alpha value is -2.70. The quantitative estimate of drug-likeness (QED) is 0.334. The van der Waals surface area contributed by atoms with Crippen LogP contribution in [0.3, 0.4) is 0 Å². The van der Waals surface area contributed by atoms with Crippen LogP contribution >= 0.6 is 0 Å². The maximum atomic E-state index is 14.4. The molecule has 0 aliphatic carbocycles. The van der Waals surface area contributed by atoms with Crippen molar-refractivity contribution in [3.05, 3.63) is 58.9 Å². The van der Waals surface area contributed by atoms with Crippen LogP contribution in [0.15, 0.2) is 30.3 Å². The second-order valence-corrected chi connectivity index (χ2v) is 8.02. The number of aliphatic hydroxyl groups is 3. The van der Waals surface area contributed by atoms with Gasteiger partial charge in [0.1, 0.15) is 11.4 Å². The number of β-amino-alcohol motifs (C(OH)–C–C–N with tert-alkyl or cyclic N) is 1. The molecule has 11 heteroatoms. The minimum atomic E-state index is -1.31. The number of hydroxylamine groups is 1. The van der Waals surface area contributed by atoms with E-state index in [9.17, 15) is 23.1 Å². The number of rotatable bonds is 5. The van der Waals surface area contributed by atoms with E-state index < -0.39 is 34.6 Å². The Morgan fingerprint density at radius 1 is 1.11 bits per heavy atom. The number of nitrogens with zero attached hydrogens (tertiary/aromatic N) is 1. The Kier molecular flexibility index (Phi) is 14.9. The molecule has 36 heavy (non-hydrogen) atoms. The van der Waals surface area contributed by atoms with Gasteiger partial charge in [-0.2, -0.15) is 0 Å². The molecule has 6 N–H and O–H groups in total. The number of carbonyl (C=O) groups excluding carboxylic acids is 1. The van der Waals surface area contributed by atoms with Gasteiger partial charge in [-0.25, -0.2) is 18.7 Å². The zero-order chi connectivity index (χ0) is 28.1. The van der Waals surface area contributed by atoms with Crippen molar-refractivity contribution in [2.75, 3.05) is 31.6 Å². The molecule has 0 bridgehead atoms. The van der Waals surface area contributed by atoms with Crippen LogP contribution < -0.4 is 10.8 Å². The van der Waals surface area contributed by atoms with E-state index in [1.807, 2.05) is 19.3 Å². The van der Waals surface area contributed by atoms with E-state index >= 15 is 0 Å². The topological polar surface area (TPSA) is 125 Å². The predicted molar refractivity (Wildman–Crippen MR) is 133 cm³/mol. The van der Waals surface area contributed by atoms with Gasteiger partial charge < -0.3 is 30.7 Å². The van der Waals surface area contributed by atoms with Crippen molar-refractivity contribution in [3.63, 3.8) is 0 Å². The van der Waals surface area contributed by atoms with Crippen LogP contribution in [0.25, 0.3) is 0 Å². The Balaban J connectivity index is 0.00000119. The lowest BCUT2D eigenvalue weighted by atomic mass is 9.93. The molecule has 1 aliphatic heterocycles. The molecule has 0 spiro atoms. The molecular formula is C25H38F3N3O5. The maximum Gasteiger partial charge on any atom is 0.256 e. The van der Waals surface area contributed by atoms with Gasteiger partial charge in [-0.3, -0.25) is 4.79 Å². The van der Waals surface area contributed by atoms with Crippen LogP contribution in [-0.4, -0.2) is 69.3 Å². The van der Waals surface area contributed by atoms with Gasteiger partial charge in [0.2, 0.25) is 0 Å². The fourth-order valence-electron chi connectivity index (χ4n) is 2.94. The van der Waals surface area contributed by atoms with Crippen LogP contribution in [0.1, 0.15) is 50.5 Å². The number of likely N-dealkylation sites (tertiary alicyclic amines) is 1. The molecule has 1 amide bonds. The molecule has 2 aromatic rings. The third-order valence-corrected chi connectivity index (χ3v) is 4.38. The number of halogens is 3. The number of aryl methyl sites for hydroxylation is 1. The lowest BCUT2D eigenvalue weighted by molar-refractivity contribution is -0.0940. The van der Waals surface area contributed by atoms with Crippen LogP contribution in [-0.2, 0) is 0 Å². The second-order valence-electron chi connectivity index (χ2n) is 8.02. The van der Waals surface area contributed by atoms with E-state index in [1.165, 1.54) is 17.0 Å². The summed E-state index contributed by atoms with van der Waals surface area (Å²) in [6, 6.07) is 6.07. The normalized spacial score (nSPS) is 13.2. The molecule has 1 aliphatic rings. The third-order valence-electron chi connectivity index (χ3n) is 4.38. The molecular weight excluding hydrogens is 479 g/mol. The molecule has 1 saturated heterocycles. The van der Waals surface area contributed by atoms with Gasteiger partial charge in [-0.15, -0.1) is 0 Å². The van der Waals surface area contributed by atoms with E-state index in [1.54, 1.807) is 33.8 Å². The minimum absolute atomic E-state index is 0.100. The third kappa shape index (κ3) is 10.1. The van der Waals surface area contributed by atoms with Crippen molar-refractivity contribution in [1.82, 2.24) is 10.4 Å². The molecule has 204 valence electrons. The summed E-state index contributed by atoms with van der Waals surface area (Å²) in [5.74, 6) is -3.84. The first kappa shape index (κ1) is 33.3. The molecule has 3 rings (SSSR count). The molecule has 0 atom stereocenters. The second kappa shape index (κ2) is 16.1. The molecule has 8 nitrogen and oxygen atoms in total. The van der Waals surface area contributed by atoms with Gasteiger partial charge in [0, 0.05) is 12.7 Å². The summed E-state index contributed by atoms with van der Waals surface area (Å²) in [7, 11) is 0. The predicted octanol–water partition coefficient (Wildman–Crippen LogP) is 3.73. The van der Waals surface area contributed by atoms with Crippen LogP contribution in [0.5, 0.6) is 0 Å². The molecule has 1 heterocycles. The van der Waals surface area contributed by atoms with Crippen molar-refractivity contribution < 1.29 is 38.5 Å². The summed E-state index contributed by atoms with van der Waals surface area (Å²) in [6.07, 6.45) is -0.167.